The second kappa shape index (κ2) is 3.64. The Morgan fingerprint density at radius 3 is 2.73 bits per heavy atom. The maximum atomic E-state index is 11.8. The lowest BCUT2D eigenvalue weighted by molar-refractivity contribution is -0.130. The fourth-order valence-corrected chi connectivity index (χ4v) is 3.11. The van der Waals surface area contributed by atoms with Crippen LogP contribution in [0.4, 0.5) is 0 Å². The van der Waals surface area contributed by atoms with E-state index in [0.717, 1.165) is 10.7 Å². The standard InChI is InChI=1S/C9H10ClNO3S/c10-15(13,14)11-8-4-2-1-3-7(5-6-8)9(11)12/h2,4-8H,1,3H2. The zero-order chi connectivity index (χ0) is 11.1. The Balaban J connectivity index is 2.48. The number of hydrogen-bond acceptors (Lipinski definition) is 3. The van der Waals surface area contributed by atoms with Crippen molar-refractivity contribution in [2.24, 2.45) is 5.92 Å². The molecular formula is C9H10ClNO3S. The number of halogens is 1. The minimum Gasteiger partial charge on any atom is -0.273 e. The Morgan fingerprint density at radius 2 is 2.07 bits per heavy atom. The van der Waals surface area contributed by atoms with Crippen LogP contribution in [0, 0.1) is 5.92 Å². The summed E-state index contributed by atoms with van der Waals surface area (Å²) in [5.41, 5.74) is 0. The van der Waals surface area contributed by atoms with Gasteiger partial charge in [0, 0.05) is 10.7 Å². The second-order valence-corrected chi connectivity index (χ2v) is 5.95. The number of fused-ring (bicyclic) bond motifs is 3. The molecule has 0 radical (unpaired) electrons. The fraction of sp³-hybridized carbons (Fsp3) is 0.444. The van der Waals surface area contributed by atoms with Gasteiger partial charge in [-0.15, -0.1) is 0 Å². The van der Waals surface area contributed by atoms with Crippen LogP contribution in [-0.2, 0) is 14.0 Å². The fourth-order valence-electron chi connectivity index (χ4n) is 1.85. The molecule has 1 aliphatic carbocycles. The van der Waals surface area contributed by atoms with Gasteiger partial charge in [0.05, 0.1) is 12.0 Å². The van der Waals surface area contributed by atoms with E-state index in [1.54, 1.807) is 18.2 Å². The van der Waals surface area contributed by atoms with Gasteiger partial charge < -0.3 is 0 Å². The molecule has 0 spiro atoms. The number of rotatable bonds is 1. The Kier molecular flexibility index (Phi) is 2.60. The minimum atomic E-state index is -3.99. The SMILES string of the molecule is O=C1C2C=CC(C=CCC2)N1S(=O)(=O)Cl. The highest BCUT2D eigenvalue weighted by molar-refractivity contribution is 8.12. The Morgan fingerprint density at radius 1 is 1.33 bits per heavy atom. The molecule has 15 heavy (non-hydrogen) atoms. The van der Waals surface area contributed by atoms with Crippen molar-refractivity contribution in [2.45, 2.75) is 18.9 Å². The normalized spacial score (nSPS) is 30.5. The lowest BCUT2D eigenvalue weighted by Gasteiger charge is -2.32. The zero-order valence-corrected chi connectivity index (χ0v) is 9.41. The first-order chi connectivity index (χ1) is 7.00. The van der Waals surface area contributed by atoms with Gasteiger partial charge in [0.15, 0.2) is 0 Å². The van der Waals surface area contributed by atoms with E-state index >= 15 is 0 Å². The van der Waals surface area contributed by atoms with Gasteiger partial charge in [0.2, 0.25) is 5.91 Å². The molecule has 0 saturated carbocycles. The third-order valence-electron chi connectivity index (χ3n) is 2.56. The summed E-state index contributed by atoms with van der Waals surface area (Å²) < 4.78 is 23.3. The molecule has 2 bridgehead atoms. The van der Waals surface area contributed by atoms with E-state index in [2.05, 4.69) is 0 Å². The predicted octanol–water partition coefficient (Wildman–Crippen LogP) is 1.20. The number of amides is 1. The molecule has 0 aromatic heterocycles. The number of allylic oxidation sites excluding steroid dienone is 1. The first kappa shape index (κ1) is 10.7. The molecular weight excluding hydrogens is 238 g/mol. The van der Waals surface area contributed by atoms with Gasteiger partial charge in [-0.3, -0.25) is 4.79 Å². The van der Waals surface area contributed by atoms with Crippen LogP contribution in [0.5, 0.6) is 0 Å². The zero-order valence-electron chi connectivity index (χ0n) is 7.84. The summed E-state index contributed by atoms with van der Waals surface area (Å²) in [6.07, 6.45) is 8.43. The summed E-state index contributed by atoms with van der Waals surface area (Å²) in [6, 6.07) is -0.559. The third kappa shape index (κ3) is 1.94. The van der Waals surface area contributed by atoms with E-state index in [-0.39, 0.29) is 5.92 Å². The molecule has 6 heteroatoms. The molecule has 2 atom stereocenters. The molecule has 2 aliphatic heterocycles. The molecule has 2 unspecified atom stereocenters. The summed E-state index contributed by atoms with van der Waals surface area (Å²) in [7, 11) is 1.24. The lowest BCUT2D eigenvalue weighted by atomic mass is 9.94. The van der Waals surface area contributed by atoms with E-state index in [9.17, 15) is 13.2 Å². The van der Waals surface area contributed by atoms with Crippen LogP contribution in [0.15, 0.2) is 24.3 Å². The summed E-state index contributed by atoms with van der Waals surface area (Å²) in [5, 5.41) is 0. The average Bonchev–Trinajstić information content (AvgIpc) is 2.05. The van der Waals surface area contributed by atoms with Gasteiger partial charge >= 0.3 is 9.24 Å². The smallest absolute Gasteiger partial charge is 0.273 e. The second-order valence-electron chi connectivity index (χ2n) is 3.56. The topological polar surface area (TPSA) is 54.5 Å². The Bertz CT molecular complexity index is 440. The highest BCUT2D eigenvalue weighted by Crippen LogP contribution is 2.28. The Hall–Kier alpha value is -0.810. The van der Waals surface area contributed by atoms with Gasteiger partial charge in [-0.2, -0.15) is 8.42 Å². The van der Waals surface area contributed by atoms with Crippen molar-refractivity contribution in [2.75, 3.05) is 0 Å². The molecule has 0 saturated heterocycles. The molecule has 3 rings (SSSR count). The van der Waals surface area contributed by atoms with E-state index in [0.29, 0.717) is 6.42 Å². The van der Waals surface area contributed by atoms with Crippen LogP contribution in [-0.4, -0.2) is 24.7 Å². The predicted molar refractivity (Wildman–Crippen MR) is 56.4 cm³/mol. The van der Waals surface area contributed by atoms with Crippen LogP contribution in [0.3, 0.4) is 0 Å². The first-order valence-corrected chi connectivity index (χ1v) is 6.89. The van der Waals surface area contributed by atoms with Gasteiger partial charge in [0.25, 0.3) is 0 Å². The van der Waals surface area contributed by atoms with Crippen LogP contribution < -0.4 is 0 Å². The molecule has 0 N–H and O–H groups in total. The van der Waals surface area contributed by atoms with Crippen LogP contribution in [0.25, 0.3) is 0 Å². The number of nitrogens with zero attached hydrogens (tertiary/aromatic N) is 1. The van der Waals surface area contributed by atoms with E-state index in [4.69, 9.17) is 10.7 Å². The van der Waals surface area contributed by atoms with Crippen molar-refractivity contribution in [1.29, 1.82) is 0 Å². The average molecular weight is 248 g/mol. The van der Waals surface area contributed by atoms with Crippen molar-refractivity contribution < 1.29 is 13.2 Å². The number of hydrogen-bond donors (Lipinski definition) is 0. The molecule has 4 nitrogen and oxygen atoms in total. The largest absolute Gasteiger partial charge is 0.324 e. The maximum Gasteiger partial charge on any atom is 0.324 e. The van der Waals surface area contributed by atoms with Crippen LogP contribution in [0.1, 0.15) is 12.8 Å². The molecule has 0 aromatic rings. The highest BCUT2D eigenvalue weighted by Gasteiger charge is 2.37. The van der Waals surface area contributed by atoms with Gasteiger partial charge in [-0.05, 0) is 12.8 Å². The van der Waals surface area contributed by atoms with Gasteiger partial charge in [-0.1, -0.05) is 24.3 Å². The number of carbonyl (C=O) groups excluding carboxylic acids is 1. The lowest BCUT2D eigenvalue weighted by Crippen LogP contribution is -2.46. The van der Waals surface area contributed by atoms with Crippen molar-refractivity contribution in [1.82, 2.24) is 4.31 Å². The van der Waals surface area contributed by atoms with Crippen molar-refractivity contribution in [3.8, 4) is 0 Å². The third-order valence-corrected chi connectivity index (χ3v) is 3.90. The molecule has 3 aliphatic rings. The van der Waals surface area contributed by atoms with Gasteiger partial charge in [-0.25, -0.2) is 4.31 Å². The molecule has 82 valence electrons. The molecule has 0 aromatic carbocycles. The summed E-state index contributed by atoms with van der Waals surface area (Å²) in [6.45, 7) is 0. The highest BCUT2D eigenvalue weighted by atomic mass is 35.7. The monoisotopic (exact) mass is 247 g/mol. The van der Waals surface area contributed by atoms with Crippen molar-refractivity contribution in [3.63, 3.8) is 0 Å². The summed E-state index contributed by atoms with van der Waals surface area (Å²) in [4.78, 5) is 11.8. The minimum absolute atomic E-state index is 0.361. The Labute approximate surface area is 92.8 Å². The summed E-state index contributed by atoms with van der Waals surface area (Å²) >= 11 is 0. The quantitative estimate of drug-likeness (QED) is 0.517. The molecule has 0 fully saturated rings. The van der Waals surface area contributed by atoms with Crippen molar-refractivity contribution >= 4 is 25.8 Å². The van der Waals surface area contributed by atoms with E-state index in [1.165, 1.54) is 0 Å². The molecule has 2 heterocycles. The van der Waals surface area contributed by atoms with Crippen molar-refractivity contribution in [3.05, 3.63) is 24.3 Å². The van der Waals surface area contributed by atoms with Crippen LogP contribution >= 0.6 is 10.7 Å². The van der Waals surface area contributed by atoms with Crippen LogP contribution in [0.2, 0.25) is 0 Å². The van der Waals surface area contributed by atoms with Gasteiger partial charge in [0.1, 0.15) is 0 Å². The first-order valence-electron chi connectivity index (χ1n) is 4.63. The molecule has 1 amide bonds. The maximum absolute atomic E-state index is 11.8. The van der Waals surface area contributed by atoms with E-state index in [1.807, 2.05) is 6.08 Å². The number of carbonyl (C=O) groups is 1. The van der Waals surface area contributed by atoms with E-state index < -0.39 is 21.2 Å². The summed E-state index contributed by atoms with van der Waals surface area (Å²) in [5.74, 6) is -0.790.